The number of carbonyl (C=O) groups excluding carboxylic acids is 1. The number of nitrogen functional groups attached to an aromatic ring is 1. The van der Waals surface area contributed by atoms with Crippen LogP contribution >= 0.6 is 0 Å². The molecule has 0 aromatic heterocycles. The van der Waals surface area contributed by atoms with E-state index in [1.807, 2.05) is 31.3 Å². The van der Waals surface area contributed by atoms with Gasteiger partial charge in [0.15, 0.2) is 0 Å². The van der Waals surface area contributed by atoms with Crippen LogP contribution in [0.5, 0.6) is 0 Å². The van der Waals surface area contributed by atoms with Crippen LogP contribution in [0.4, 0.5) is 11.4 Å². The van der Waals surface area contributed by atoms with E-state index in [1.165, 1.54) is 19.3 Å². The molecule has 2 fully saturated rings. The monoisotopic (exact) mass is 244 g/mol. The number of hydrogen-bond acceptors (Lipinski definition) is 2. The summed E-state index contributed by atoms with van der Waals surface area (Å²) in [7, 11) is 1.85. The first kappa shape index (κ1) is 11.6. The smallest absolute Gasteiger partial charge is 0.230 e. The molecule has 0 radical (unpaired) electrons. The molecule has 1 amide bonds. The Morgan fingerprint density at radius 1 is 1.28 bits per heavy atom. The number of hydrogen-bond donors (Lipinski definition) is 1. The fourth-order valence-corrected chi connectivity index (χ4v) is 3.71. The molecule has 3 rings (SSSR count). The van der Waals surface area contributed by atoms with Crippen molar-refractivity contribution in [2.75, 3.05) is 17.7 Å². The average Bonchev–Trinajstić information content (AvgIpc) is 3.00. The van der Waals surface area contributed by atoms with E-state index in [0.29, 0.717) is 11.6 Å². The summed E-state index contributed by atoms with van der Waals surface area (Å²) in [6.07, 6.45) is 4.90. The van der Waals surface area contributed by atoms with E-state index in [4.69, 9.17) is 5.73 Å². The van der Waals surface area contributed by atoms with Crippen LogP contribution in [0.2, 0.25) is 0 Å². The molecule has 18 heavy (non-hydrogen) atoms. The van der Waals surface area contributed by atoms with Crippen molar-refractivity contribution in [3.05, 3.63) is 24.3 Å². The molecule has 1 aromatic carbocycles. The fourth-order valence-electron chi connectivity index (χ4n) is 3.71. The van der Waals surface area contributed by atoms with E-state index in [1.54, 1.807) is 4.90 Å². The summed E-state index contributed by atoms with van der Waals surface area (Å²) in [5, 5.41) is 0. The number of para-hydroxylation sites is 2. The summed E-state index contributed by atoms with van der Waals surface area (Å²) in [6.45, 7) is 0. The van der Waals surface area contributed by atoms with Gasteiger partial charge in [0.2, 0.25) is 5.91 Å². The maximum Gasteiger partial charge on any atom is 0.230 e. The van der Waals surface area contributed by atoms with E-state index in [2.05, 4.69) is 0 Å². The average molecular weight is 244 g/mol. The SMILES string of the molecule is CN(C(=O)C1CC2CCC1C2)c1ccccc1N. The van der Waals surface area contributed by atoms with Crippen molar-refractivity contribution in [2.24, 2.45) is 17.8 Å². The number of fused-ring (bicyclic) bond motifs is 2. The Balaban J connectivity index is 1.79. The van der Waals surface area contributed by atoms with Crippen molar-refractivity contribution in [3.8, 4) is 0 Å². The van der Waals surface area contributed by atoms with Crippen LogP contribution in [-0.4, -0.2) is 13.0 Å². The van der Waals surface area contributed by atoms with Crippen LogP contribution in [0.1, 0.15) is 25.7 Å². The Bertz CT molecular complexity index is 471. The lowest BCUT2D eigenvalue weighted by atomic mass is 9.87. The number of carbonyl (C=O) groups is 1. The second-order valence-electron chi connectivity index (χ2n) is 5.74. The van der Waals surface area contributed by atoms with Crippen LogP contribution < -0.4 is 10.6 Å². The highest BCUT2D eigenvalue weighted by molar-refractivity contribution is 5.97. The lowest BCUT2D eigenvalue weighted by Gasteiger charge is -2.27. The first-order valence-corrected chi connectivity index (χ1v) is 6.79. The molecule has 0 spiro atoms. The second-order valence-corrected chi connectivity index (χ2v) is 5.74. The Morgan fingerprint density at radius 2 is 2.06 bits per heavy atom. The summed E-state index contributed by atoms with van der Waals surface area (Å²) in [5.74, 6) is 1.90. The minimum absolute atomic E-state index is 0.230. The van der Waals surface area contributed by atoms with Crippen LogP contribution in [0, 0.1) is 17.8 Å². The molecule has 3 atom stereocenters. The summed E-state index contributed by atoms with van der Waals surface area (Å²) >= 11 is 0. The molecule has 2 aliphatic carbocycles. The van der Waals surface area contributed by atoms with Crippen LogP contribution in [0.3, 0.4) is 0 Å². The summed E-state index contributed by atoms with van der Waals surface area (Å²) < 4.78 is 0. The predicted molar refractivity (Wildman–Crippen MR) is 73.2 cm³/mol. The normalized spacial score (nSPS) is 29.5. The van der Waals surface area contributed by atoms with Crippen molar-refractivity contribution in [1.29, 1.82) is 0 Å². The zero-order valence-corrected chi connectivity index (χ0v) is 10.8. The van der Waals surface area contributed by atoms with Gasteiger partial charge in [-0.25, -0.2) is 0 Å². The summed E-state index contributed by atoms with van der Waals surface area (Å²) in [5.41, 5.74) is 7.46. The topological polar surface area (TPSA) is 46.3 Å². The molecule has 3 nitrogen and oxygen atoms in total. The van der Waals surface area contributed by atoms with Gasteiger partial charge in [-0.2, -0.15) is 0 Å². The number of rotatable bonds is 2. The standard InChI is InChI=1S/C15H20N2O/c1-17(14-5-3-2-4-13(14)16)15(18)12-9-10-6-7-11(12)8-10/h2-5,10-12H,6-9,16H2,1H3. The van der Waals surface area contributed by atoms with E-state index >= 15 is 0 Å². The molecule has 0 saturated heterocycles. The summed E-state index contributed by atoms with van der Waals surface area (Å²) in [6, 6.07) is 7.59. The molecule has 3 heteroatoms. The third kappa shape index (κ3) is 1.78. The van der Waals surface area contributed by atoms with E-state index in [9.17, 15) is 4.79 Å². The van der Waals surface area contributed by atoms with Crippen LogP contribution in [-0.2, 0) is 4.79 Å². The van der Waals surface area contributed by atoms with Gasteiger partial charge in [-0.3, -0.25) is 4.79 Å². The molecule has 0 aliphatic heterocycles. The van der Waals surface area contributed by atoms with Crippen molar-refractivity contribution < 1.29 is 4.79 Å². The first-order chi connectivity index (χ1) is 8.66. The van der Waals surface area contributed by atoms with E-state index < -0.39 is 0 Å². The molecular formula is C15H20N2O. The van der Waals surface area contributed by atoms with Crippen molar-refractivity contribution in [2.45, 2.75) is 25.7 Å². The highest BCUT2D eigenvalue weighted by Gasteiger charge is 2.44. The molecule has 3 unspecified atom stereocenters. The molecular weight excluding hydrogens is 224 g/mol. The zero-order chi connectivity index (χ0) is 12.7. The van der Waals surface area contributed by atoms with Gasteiger partial charge in [0.25, 0.3) is 0 Å². The minimum atomic E-state index is 0.230. The minimum Gasteiger partial charge on any atom is -0.397 e. The second kappa shape index (κ2) is 4.30. The van der Waals surface area contributed by atoms with Gasteiger partial charge in [-0.1, -0.05) is 18.6 Å². The number of nitrogens with two attached hydrogens (primary N) is 1. The molecule has 0 heterocycles. The van der Waals surface area contributed by atoms with E-state index in [0.717, 1.165) is 18.0 Å². The Labute approximate surface area is 108 Å². The Hall–Kier alpha value is -1.51. The number of amides is 1. The van der Waals surface area contributed by atoms with Gasteiger partial charge in [0, 0.05) is 13.0 Å². The highest BCUT2D eigenvalue weighted by atomic mass is 16.2. The van der Waals surface area contributed by atoms with Gasteiger partial charge in [-0.15, -0.1) is 0 Å². The molecule has 2 aliphatic rings. The van der Waals surface area contributed by atoms with Crippen molar-refractivity contribution >= 4 is 17.3 Å². The number of nitrogens with zero attached hydrogens (tertiary/aromatic N) is 1. The van der Waals surface area contributed by atoms with Gasteiger partial charge in [0.05, 0.1) is 11.4 Å². The first-order valence-electron chi connectivity index (χ1n) is 6.79. The predicted octanol–water partition coefficient (Wildman–Crippen LogP) is 2.67. The summed E-state index contributed by atoms with van der Waals surface area (Å²) in [4.78, 5) is 14.3. The van der Waals surface area contributed by atoms with Crippen molar-refractivity contribution in [1.82, 2.24) is 0 Å². The van der Waals surface area contributed by atoms with Gasteiger partial charge in [0.1, 0.15) is 0 Å². The lowest BCUT2D eigenvalue weighted by molar-refractivity contribution is -0.123. The fraction of sp³-hybridized carbons (Fsp3) is 0.533. The quantitative estimate of drug-likeness (QED) is 0.813. The largest absolute Gasteiger partial charge is 0.397 e. The molecule has 96 valence electrons. The maximum absolute atomic E-state index is 12.6. The Kier molecular flexibility index (Phi) is 2.77. The third-order valence-electron chi connectivity index (χ3n) is 4.68. The molecule has 2 saturated carbocycles. The lowest BCUT2D eigenvalue weighted by Crippen LogP contribution is -2.35. The zero-order valence-electron chi connectivity index (χ0n) is 10.8. The number of benzene rings is 1. The van der Waals surface area contributed by atoms with Crippen LogP contribution in [0.25, 0.3) is 0 Å². The maximum atomic E-state index is 12.6. The van der Waals surface area contributed by atoms with Gasteiger partial charge in [-0.05, 0) is 43.2 Å². The van der Waals surface area contributed by atoms with Gasteiger partial charge < -0.3 is 10.6 Å². The highest BCUT2D eigenvalue weighted by Crippen LogP contribution is 2.49. The van der Waals surface area contributed by atoms with E-state index in [-0.39, 0.29) is 11.8 Å². The molecule has 2 bridgehead atoms. The third-order valence-corrected chi connectivity index (χ3v) is 4.68. The van der Waals surface area contributed by atoms with Gasteiger partial charge >= 0.3 is 0 Å². The number of anilines is 2. The van der Waals surface area contributed by atoms with Crippen molar-refractivity contribution in [3.63, 3.8) is 0 Å². The Morgan fingerprint density at radius 3 is 2.67 bits per heavy atom. The molecule has 1 aromatic rings. The molecule has 2 N–H and O–H groups in total. The van der Waals surface area contributed by atoms with Crippen LogP contribution in [0.15, 0.2) is 24.3 Å².